The van der Waals surface area contributed by atoms with Crippen molar-refractivity contribution in [3.05, 3.63) is 63.8 Å². The van der Waals surface area contributed by atoms with Crippen LogP contribution in [0.5, 0.6) is 0 Å². The summed E-state index contributed by atoms with van der Waals surface area (Å²) in [6.45, 7) is 5.01. The van der Waals surface area contributed by atoms with Gasteiger partial charge in [-0.2, -0.15) is 10.2 Å². The monoisotopic (exact) mass is 508 g/mol. The summed E-state index contributed by atoms with van der Waals surface area (Å²) in [6.07, 6.45) is 1.92. The standard InChI is InChI=1S/C25H22Cl2N6O2/c1-15-8-16-2-3-17(11-21(16)29-28-15)23(34)33-13-25(14-33)4-6-32(7-5-25)24-31-30-22(35-24)18-9-19(26)12-20(27)10-18/h2-3,8-12H,4-7,13-14H2,1H3. The van der Waals surface area contributed by atoms with E-state index in [1.807, 2.05) is 36.1 Å². The molecule has 0 radical (unpaired) electrons. The Balaban J connectivity index is 1.08. The van der Waals surface area contributed by atoms with Crippen molar-refractivity contribution in [2.45, 2.75) is 19.8 Å². The summed E-state index contributed by atoms with van der Waals surface area (Å²) in [5.74, 6) is 0.435. The Morgan fingerprint density at radius 3 is 2.43 bits per heavy atom. The van der Waals surface area contributed by atoms with Gasteiger partial charge in [0.15, 0.2) is 0 Å². The van der Waals surface area contributed by atoms with E-state index in [1.54, 1.807) is 18.2 Å². The van der Waals surface area contributed by atoms with E-state index >= 15 is 0 Å². The fourth-order valence-corrected chi connectivity index (χ4v) is 5.51. The van der Waals surface area contributed by atoms with Gasteiger partial charge in [0.05, 0.1) is 11.2 Å². The number of rotatable bonds is 3. The molecule has 0 bridgehead atoms. The van der Waals surface area contributed by atoms with E-state index in [-0.39, 0.29) is 11.3 Å². The third kappa shape index (κ3) is 4.21. The van der Waals surface area contributed by atoms with Crippen molar-refractivity contribution in [3.63, 3.8) is 0 Å². The predicted octanol–water partition coefficient (Wildman–Crippen LogP) is 5.04. The number of aryl methyl sites for hydroxylation is 1. The maximum atomic E-state index is 13.0. The van der Waals surface area contributed by atoms with Crippen molar-refractivity contribution in [1.82, 2.24) is 25.3 Å². The smallest absolute Gasteiger partial charge is 0.318 e. The molecule has 6 rings (SSSR count). The van der Waals surface area contributed by atoms with Crippen LogP contribution in [-0.4, -0.2) is 57.4 Å². The predicted molar refractivity (Wildman–Crippen MR) is 134 cm³/mol. The van der Waals surface area contributed by atoms with Gasteiger partial charge in [-0.05, 0) is 56.2 Å². The van der Waals surface area contributed by atoms with Gasteiger partial charge in [0.1, 0.15) is 0 Å². The van der Waals surface area contributed by atoms with Gasteiger partial charge >= 0.3 is 6.01 Å². The molecule has 2 aromatic carbocycles. The van der Waals surface area contributed by atoms with Crippen LogP contribution >= 0.6 is 23.2 Å². The Bertz CT molecular complexity index is 1420. The molecule has 0 aliphatic carbocycles. The summed E-state index contributed by atoms with van der Waals surface area (Å²) in [7, 11) is 0. The SMILES string of the molecule is Cc1cc2ccc(C(=O)N3CC4(CCN(c5nnc(-c6cc(Cl)cc(Cl)c6)o5)CC4)C3)cc2nn1. The molecule has 4 aromatic rings. The number of carbonyl (C=O) groups is 1. The molecule has 0 N–H and O–H groups in total. The number of hydrogen-bond acceptors (Lipinski definition) is 7. The molecule has 8 nitrogen and oxygen atoms in total. The minimum Gasteiger partial charge on any atom is -0.403 e. The highest BCUT2D eigenvalue weighted by atomic mass is 35.5. The van der Waals surface area contributed by atoms with Crippen molar-refractivity contribution < 1.29 is 9.21 Å². The molecule has 0 saturated carbocycles. The van der Waals surface area contributed by atoms with Crippen molar-refractivity contribution in [2.24, 2.45) is 5.41 Å². The highest BCUT2D eigenvalue weighted by Gasteiger charge is 2.47. The highest BCUT2D eigenvalue weighted by molar-refractivity contribution is 6.35. The van der Waals surface area contributed by atoms with Crippen molar-refractivity contribution in [3.8, 4) is 11.5 Å². The van der Waals surface area contributed by atoms with Crippen molar-refractivity contribution >= 4 is 46.0 Å². The molecule has 0 unspecified atom stereocenters. The lowest BCUT2D eigenvalue weighted by Crippen LogP contribution is -2.62. The normalized spacial score (nSPS) is 17.1. The molecule has 35 heavy (non-hydrogen) atoms. The highest BCUT2D eigenvalue weighted by Crippen LogP contribution is 2.42. The van der Waals surface area contributed by atoms with E-state index < -0.39 is 0 Å². The summed E-state index contributed by atoms with van der Waals surface area (Å²) < 4.78 is 5.91. The minimum atomic E-state index is 0.0454. The molecule has 2 fully saturated rings. The molecule has 0 atom stereocenters. The van der Waals surface area contributed by atoms with Gasteiger partial charge in [-0.3, -0.25) is 4.79 Å². The van der Waals surface area contributed by atoms with Gasteiger partial charge in [-0.15, -0.1) is 5.10 Å². The summed E-state index contributed by atoms with van der Waals surface area (Å²) in [6, 6.07) is 13.3. The Hall–Kier alpha value is -3.23. The molecule has 4 heterocycles. The van der Waals surface area contributed by atoms with Crippen LogP contribution in [-0.2, 0) is 0 Å². The van der Waals surface area contributed by atoms with Crippen molar-refractivity contribution in [1.29, 1.82) is 0 Å². The second-order valence-corrected chi connectivity index (χ2v) is 10.3. The minimum absolute atomic E-state index is 0.0454. The number of piperidine rings is 1. The third-order valence-corrected chi connectivity index (χ3v) is 7.35. The molecule has 1 spiro atoms. The first-order valence-electron chi connectivity index (χ1n) is 11.5. The number of hydrogen-bond donors (Lipinski definition) is 0. The lowest BCUT2D eigenvalue weighted by molar-refractivity contribution is -0.00827. The van der Waals surface area contributed by atoms with Gasteiger partial charge < -0.3 is 14.2 Å². The molecular formula is C25H22Cl2N6O2. The van der Waals surface area contributed by atoms with Crippen LogP contribution in [0.4, 0.5) is 6.01 Å². The average Bonchev–Trinajstić information content (AvgIpc) is 3.32. The number of fused-ring (bicyclic) bond motifs is 1. The van der Waals surface area contributed by atoms with Crippen LogP contribution in [0.3, 0.4) is 0 Å². The van der Waals surface area contributed by atoms with E-state index in [4.69, 9.17) is 27.6 Å². The van der Waals surface area contributed by atoms with Gasteiger partial charge in [0.25, 0.3) is 5.91 Å². The number of halogens is 2. The fourth-order valence-electron chi connectivity index (χ4n) is 4.99. The van der Waals surface area contributed by atoms with E-state index in [0.717, 1.165) is 55.6 Å². The zero-order chi connectivity index (χ0) is 24.2. The summed E-state index contributed by atoms with van der Waals surface area (Å²) in [4.78, 5) is 17.1. The summed E-state index contributed by atoms with van der Waals surface area (Å²) >= 11 is 12.2. The molecule has 2 saturated heterocycles. The van der Waals surface area contributed by atoms with Crippen LogP contribution in [0, 0.1) is 12.3 Å². The van der Waals surface area contributed by atoms with E-state index in [0.29, 0.717) is 33.1 Å². The molecule has 1 amide bonds. The maximum absolute atomic E-state index is 13.0. The number of aromatic nitrogens is 4. The molecule has 2 aliphatic heterocycles. The quantitative estimate of drug-likeness (QED) is 0.383. The van der Waals surface area contributed by atoms with E-state index in [2.05, 4.69) is 25.3 Å². The number of amides is 1. The van der Waals surface area contributed by atoms with Crippen LogP contribution in [0.2, 0.25) is 10.0 Å². The third-order valence-electron chi connectivity index (χ3n) is 6.92. The number of anilines is 1. The Labute approximate surface area is 211 Å². The van der Waals surface area contributed by atoms with Crippen LogP contribution in [0.1, 0.15) is 28.9 Å². The van der Waals surface area contributed by atoms with Crippen LogP contribution < -0.4 is 4.90 Å². The lowest BCUT2D eigenvalue weighted by Gasteiger charge is -2.53. The molecular weight excluding hydrogens is 487 g/mol. The maximum Gasteiger partial charge on any atom is 0.318 e. The molecule has 2 aromatic heterocycles. The van der Waals surface area contributed by atoms with Gasteiger partial charge in [-0.25, -0.2) is 0 Å². The Morgan fingerprint density at radius 1 is 0.943 bits per heavy atom. The number of benzene rings is 2. The van der Waals surface area contributed by atoms with Gasteiger partial charge in [-0.1, -0.05) is 34.4 Å². The lowest BCUT2D eigenvalue weighted by atomic mass is 9.72. The molecule has 2 aliphatic rings. The zero-order valence-corrected chi connectivity index (χ0v) is 20.6. The van der Waals surface area contributed by atoms with Crippen LogP contribution in [0.25, 0.3) is 22.4 Å². The topological polar surface area (TPSA) is 88.3 Å². The van der Waals surface area contributed by atoms with E-state index in [1.165, 1.54) is 0 Å². The molecule has 178 valence electrons. The Kier molecular flexibility index (Phi) is 5.38. The Morgan fingerprint density at radius 2 is 1.69 bits per heavy atom. The van der Waals surface area contributed by atoms with Gasteiger partial charge in [0.2, 0.25) is 5.89 Å². The first-order chi connectivity index (χ1) is 16.9. The largest absolute Gasteiger partial charge is 0.403 e. The zero-order valence-electron chi connectivity index (χ0n) is 19.0. The number of likely N-dealkylation sites (tertiary alicyclic amines) is 1. The van der Waals surface area contributed by atoms with E-state index in [9.17, 15) is 4.79 Å². The first kappa shape index (κ1) is 22.2. The van der Waals surface area contributed by atoms with Crippen molar-refractivity contribution in [2.75, 3.05) is 31.1 Å². The second kappa shape index (κ2) is 8.46. The number of carbonyl (C=O) groups excluding carboxylic acids is 1. The second-order valence-electron chi connectivity index (χ2n) is 9.46. The molecule has 10 heteroatoms. The summed E-state index contributed by atoms with van der Waals surface area (Å²) in [5.41, 5.74) is 3.09. The number of nitrogens with zero attached hydrogens (tertiary/aromatic N) is 6. The van der Waals surface area contributed by atoms with Gasteiger partial charge in [0, 0.05) is 58.2 Å². The van der Waals surface area contributed by atoms with Crippen LogP contribution in [0.15, 0.2) is 46.9 Å². The average molecular weight is 509 g/mol. The fraction of sp³-hybridized carbons (Fsp3) is 0.320. The summed E-state index contributed by atoms with van der Waals surface area (Å²) in [5, 5.41) is 18.7. The first-order valence-corrected chi connectivity index (χ1v) is 12.2.